The average Bonchev–Trinajstić information content (AvgIpc) is 2.53. The molecule has 0 saturated carbocycles. The van der Waals surface area contributed by atoms with Gasteiger partial charge in [-0.3, -0.25) is 4.79 Å². The van der Waals surface area contributed by atoms with Gasteiger partial charge in [-0.15, -0.1) is 0 Å². The molecule has 6 nitrogen and oxygen atoms in total. The first-order valence-corrected chi connectivity index (χ1v) is 8.91. The Labute approximate surface area is 143 Å². The lowest BCUT2D eigenvalue weighted by atomic mass is 9.96. The van der Waals surface area contributed by atoms with Crippen molar-refractivity contribution in [3.8, 4) is 5.75 Å². The maximum atomic E-state index is 13.0. The van der Waals surface area contributed by atoms with E-state index in [1.165, 1.54) is 0 Å². The molecule has 0 aliphatic carbocycles. The molecular formula is C15H18F3NO5S. The molecule has 2 unspecified atom stereocenters. The number of nitrogens with zero attached hydrogens (tertiary/aromatic N) is 1. The molecule has 140 valence electrons. The predicted octanol–water partition coefficient (Wildman–Crippen LogP) is 2.59. The van der Waals surface area contributed by atoms with Gasteiger partial charge in [-0.2, -0.15) is 17.5 Å². The van der Waals surface area contributed by atoms with Crippen molar-refractivity contribution in [1.82, 2.24) is 4.31 Å². The van der Waals surface area contributed by atoms with E-state index in [0.717, 1.165) is 17.5 Å². The van der Waals surface area contributed by atoms with Crippen molar-refractivity contribution in [3.63, 3.8) is 0 Å². The van der Waals surface area contributed by atoms with E-state index in [1.807, 2.05) is 0 Å². The van der Waals surface area contributed by atoms with E-state index in [2.05, 4.69) is 0 Å². The van der Waals surface area contributed by atoms with Gasteiger partial charge in [0.05, 0.1) is 23.5 Å². The Morgan fingerprint density at radius 1 is 1.28 bits per heavy atom. The van der Waals surface area contributed by atoms with E-state index in [1.54, 1.807) is 6.92 Å². The molecule has 0 amide bonds. The highest BCUT2D eigenvalue weighted by atomic mass is 32.2. The third-order valence-electron chi connectivity index (χ3n) is 4.22. The molecule has 1 aromatic rings. The minimum atomic E-state index is -4.74. The molecule has 1 saturated heterocycles. The summed E-state index contributed by atoms with van der Waals surface area (Å²) >= 11 is 0. The molecule has 1 aromatic carbocycles. The summed E-state index contributed by atoms with van der Waals surface area (Å²) in [5.41, 5.74) is -1.15. The number of carboxylic acids is 1. The highest BCUT2D eigenvalue weighted by molar-refractivity contribution is 7.89. The number of hydrogen-bond donors (Lipinski definition) is 1. The van der Waals surface area contributed by atoms with Gasteiger partial charge in [0, 0.05) is 18.7 Å². The summed E-state index contributed by atoms with van der Waals surface area (Å²) in [4.78, 5) is 10.6. The first kappa shape index (κ1) is 19.5. The topological polar surface area (TPSA) is 83.9 Å². The van der Waals surface area contributed by atoms with Crippen molar-refractivity contribution in [2.24, 2.45) is 5.92 Å². The van der Waals surface area contributed by atoms with Crippen LogP contribution in [-0.4, -0.2) is 43.5 Å². The number of carbonyl (C=O) groups is 1. The molecule has 0 aromatic heterocycles. The summed E-state index contributed by atoms with van der Waals surface area (Å²) in [7, 11) is -3.17. The molecule has 1 aliphatic rings. The van der Waals surface area contributed by atoms with Gasteiger partial charge in [0.2, 0.25) is 10.0 Å². The number of piperidine rings is 1. The van der Waals surface area contributed by atoms with Crippen LogP contribution in [0.2, 0.25) is 0 Å². The minimum Gasteiger partial charge on any atom is -0.497 e. The summed E-state index contributed by atoms with van der Waals surface area (Å²) in [6, 6.07) is 1.73. The third kappa shape index (κ3) is 4.06. The van der Waals surface area contributed by atoms with E-state index in [-0.39, 0.29) is 12.3 Å². The SMILES string of the molecule is COc1cc(C(F)(F)F)cc(S(=O)(=O)N2CC(C(=O)O)CCC2C)c1. The Bertz CT molecular complexity index is 763. The quantitative estimate of drug-likeness (QED) is 0.867. The second-order valence-electron chi connectivity index (χ2n) is 5.93. The molecule has 0 radical (unpaired) electrons. The number of halogens is 3. The van der Waals surface area contributed by atoms with Crippen molar-refractivity contribution >= 4 is 16.0 Å². The van der Waals surface area contributed by atoms with E-state index in [9.17, 15) is 26.4 Å². The standard InChI is InChI=1S/C15H18F3NO5S/c1-9-3-4-10(14(20)21)8-19(9)25(22,23)13-6-11(15(16,17)18)5-12(7-13)24-2/h5-7,9-10H,3-4,8H2,1-2H3,(H,20,21). The number of alkyl halides is 3. The van der Waals surface area contributed by atoms with Gasteiger partial charge in [0.25, 0.3) is 0 Å². The molecule has 10 heteroatoms. The van der Waals surface area contributed by atoms with E-state index in [4.69, 9.17) is 9.84 Å². The van der Waals surface area contributed by atoms with Crippen molar-refractivity contribution in [3.05, 3.63) is 23.8 Å². The molecule has 1 N–H and O–H groups in total. The van der Waals surface area contributed by atoms with E-state index < -0.39 is 44.6 Å². The highest BCUT2D eigenvalue weighted by Crippen LogP contribution is 2.36. The number of rotatable bonds is 4. The summed E-state index contributed by atoms with van der Waals surface area (Å²) in [6.45, 7) is 1.32. The van der Waals surface area contributed by atoms with Crippen molar-refractivity contribution in [2.45, 2.75) is 36.9 Å². The highest BCUT2D eigenvalue weighted by Gasteiger charge is 2.39. The molecule has 2 rings (SSSR count). The Hall–Kier alpha value is -1.81. The maximum absolute atomic E-state index is 13.0. The fourth-order valence-corrected chi connectivity index (χ4v) is 4.52. The molecular weight excluding hydrogens is 363 g/mol. The van der Waals surface area contributed by atoms with Gasteiger partial charge in [0.15, 0.2) is 0 Å². The second kappa shape index (κ2) is 6.83. The van der Waals surface area contributed by atoms with Crippen LogP contribution >= 0.6 is 0 Å². The first-order valence-electron chi connectivity index (χ1n) is 7.47. The molecule has 25 heavy (non-hydrogen) atoms. The smallest absolute Gasteiger partial charge is 0.416 e. The summed E-state index contributed by atoms with van der Waals surface area (Å²) in [6.07, 6.45) is -4.11. The molecule has 0 bridgehead atoms. The van der Waals surface area contributed by atoms with Gasteiger partial charge < -0.3 is 9.84 Å². The van der Waals surface area contributed by atoms with Crippen LogP contribution in [0.25, 0.3) is 0 Å². The molecule has 1 fully saturated rings. The van der Waals surface area contributed by atoms with Crippen molar-refractivity contribution in [1.29, 1.82) is 0 Å². The van der Waals surface area contributed by atoms with Crippen LogP contribution in [0.1, 0.15) is 25.3 Å². The summed E-state index contributed by atoms with van der Waals surface area (Å²) < 4.78 is 70.4. The Morgan fingerprint density at radius 2 is 1.92 bits per heavy atom. The zero-order valence-electron chi connectivity index (χ0n) is 13.6. The number of aliphatic carboxylic acids is 1. The summed E-state index contributed by atoms with van der Waals surface area (Å²) in [5, 5.41) is 9.12. The van der Waals surface area contributed by atoms with E-state index in [0.29, 0.717) is 25.0 Å². The zero-order chi connectivity index (χ0) is 19.0. The lowest BCUT2D eigenvalue weighted by molar-refractivity contribution is -0.143. The third-order valence-corrected chi connectivity index (χ3v) is 6.18. The van der Waals surface area contributed by atoms with Gasteiger partial charge >= 0.3 is 12.1 Å². The fraction of sp³-hybridized carbons (Fsp3) is 0.533. The lowest BCUT2D eigenvalue weighted by Crippen LogP contribution is -2.47. The largest absolute Gasteiger partial charge is 0.497 e. The number of hydrogen-bond acceptors (Lipinski definition) is 4. The van der Waals surface area contributed by atoms with Crippen molar-refractivity contribution in [2.75, 3.05) is 13.7 Å². The van der Waals surface area contributed by atoms with Gasteiger partial charge in [-0.05, 0) is 31.9 Å². The lowest BCUT2D eigenvalue weighted by Gasteiger charge is -2.35. The van der Waals surface area contributed by atoms with Crippen LogP contribution < -0.4 is 4.74 Å². The normalized spacial score (nSPS) is 22.6. The number of methoxy groups -OCH3 is 1. The van der Waals surface area contributed by atoms with Gasteiger partial charge in [-0.25, -0.2) is 8.42 Å². The Morgan fingerprint density at radius 3 is 2.44 bits per heavy atom. The van der Waals surface area contributed by atoms with Crippen LogP contribution in [0, 0.1) is 5.92 Å². The van der Waals surface area contributed by atoms with Crippen LogP contribution in [0.5, 0.6) is 5.75 Å². The predicted molar refractivity (Wildman–Crippen MR) is 81.7 cm³/mol. The molecule has 1 aliphatic heterocycles. The Kier molecular flexibility index (Phi) is 5.33. The van der Waals surface area contributed by atoms with Crippen LogP contribution in [0.4, 0.5) is 13.2 Å². The Balaban J connectivity index is 2.49. The average molecular weight is 381 g/mol. The van der Waals surface area contributed by atoms with E-state index >= 15 is 0 Å². The number of benzene rings is 1. The minimum absolute atomic E-state index is 0.243. The number of sulfonamides is 1. The maximum Gasteiger partial charge on any atom is 0.416 e. The monoisotopic (exact) mass is 381 g/mol. The molecule has 0 spiro atoms. The van der Waals surface area contributed by atoms with Gasteiger partial charge in [0.1, 0.15) is 5.75 Å². The van der Waals surface area contributed by atoms with Crippen LogP contribution in [0.3, 0.4) is 0 Å². The van der Waals surface area contributed by atoms with Crippen LogP contribution in [0.15, 0.2) is 23.1 Å². The second-order valence-corrected chi connectivity index (χ2v) is 7.82. The van der Waals surface area contributed by atoms with Crippen LogP contribution in [-0.2, 0) is 21.0 Å². The number of ether oxygens (including phenoxy) is 1. The fourth-order valence-electron chi connectivity index (χ4n) is 2.75. The van der Waals surface area contributed by atoms with Crippen molar-refractivity contribution < 1.29 is 36.2 Å². The number of carboxylic acid groups (broad SMARTS) is 1. The molecule has 1 heterocycles. The summed E-state index contributed by atoms with van der Waals surface area (Å²) in [5.74, 6) is -2.26. The molecule has 2 atom stereocenters. The zero-order valence-corrected chi connectivity index (χ0v) is 14.4. The van der Waals surface area contributed by atoms with Gasteiger partial charge in [-0.1, -0.05) is 0 Å². The first-order chi connectivity index (χ1) is 11.5.